The zero-order chi connectivity index (χ0) is 25.8. The predicted molar refractivity (Wildman–Crippen MR) is 140 cm³/mol. The van der Waals surface area contributed by atoms with Gasteiger partial charge < -0.3 is 10.2 Å². The zero-order valence-corrected chi connectivity index (χ0v) is 22.3. The van der Waals surface area contributed by atoms with Crippen LogP contribution in [0.5, 0.6) is 0 Å². The Kier molecular flexibility index (Phi) is 8.83. The fraction of sp³-hybridized carbons (Fsp3) is 0.462. The lowest BCUT2D eigenvalue weighted by Gasteiger charge is -2.32. The van der Waals surface area contributed by atoms with Crippen LogP contribution in [0.25, 0.3) is 0 Å². The molecular weight excluding hydrogens is 486 g/mol. The Morgan fingerprint density at radius 1 is 1.09 bits per heavy atom. The Morgan fingerprint density at radius 3 is 2.37 bits per heavy atom. The fourth-order valence-electron chi connectivity index (χ4n) is 4.39. The van der Waals surface area contributed by atoms with Crippen LogP contribution in [0.15, 0.2) is 42.5 Å². The van der Waals surface area contributed by atoms with E-state index in [2.05, 4.69) is 5.32 Å². The Morgan fingerprint density at radius 2 is 1.74 bits per heavy atom. The molecule has 1 atom stereocenters. The van der Waals surface area contributed by atoms with Crippen molar-refractivity contribution >= 4 is 39.1 Å². The number of amides is 2. The number of halogens is 1. The molecule has 1 aliphatic carbocycles. The van der Waals surface area contributed by atoms with Gasteiger partial charge in [0.2, 0.25) is 21.8 Å². The maximum atomic E-state index is 13.7. The van der Waals surface area contributed by atoms with E-state index >= 15 is 0 Å². The molecule has 1 fully saturated rings. The second-order valence-electron chi connectivity index (χ2n) is 9.27. The molecular formula is C26H34ClN3O4S. The van der Waals surface area contributed by atoms with Crippen molar-refractivity contribution in [3.8, 4) is 0 Å². The first kappa shape index (κ1) is 27.0. The van der Waals surface area contributed by atoms with E-state index in [1.165, 1.54) is 4.90 Å². The summed E-state index contributed by atoms with van der Waals surface area (Å²) in [5, 5.41) is 3.52. The molecule has 0 spiro atoms. The van der Waals surface area contributed by atoms with Crippen LogP contribution in [-0.4, -0.2) is 50.0 Å². The molecule has 2 aromatic carbocycles. The Labute approximate surface area is 213 Å². The lowest BCUT2D eigenvalue weighted by atomic mass is 10.1. The smallest absolute Gasteiger partial charge is 0.244 e. The summed E-state index contributed by atoms with van der Waals surface area (Å²) in [6.07, 6.45) is 5.06. The molecule has 1 N–H and O–H groups in total. The van der Waals surface area contributed by atoms with Crippen LogP contribution in [0, 0.1) is 13.8 Å². The Bertz CT molecular complexity index is 1180. The molecule has 0 aliphatic heterocycles. The molecule has 3 rings (SSSR count). The SMILES string of the molecule is Cc1cccc(N(CC(=O)N(Cc2ccccc2Cl)[C@H](C)C(=O)NC2CCCC2)S(C)(=O)=O)c1C. The Balaban J connectivity index is 1.92. The minimum atomic E-state index is -3.77. The minimum Gasteiger partial charge on any atom is -0.352 e. The number of carbonyl (C=O) groups excluding carboxylic acids is 2. The first-order chi connectivity index (χ1) is 16.5. The quantitative estimate of drug-likeness (QED) is 0.538. The van der Waals surface area contributed by atoms with Gasteiger partial charge in [0.1, 0.15) is 12.6 Å². The molecule has 0 saturated heterocycles. The summed E-state index contributed by atoms with van der Waals surface area (Å²) >= 11 is 6.36. The predicted octanol–water partition coefficient (Wildman–Crippen LogP) is 4.20. The van der Waals surface area contributed by atoms with E-state index in [-0.39, 0.29) is 18.5 Å². The van der Waals surface area contributed by atoms with Crippen LogP contribution in [0.1, 0.15) is 49.3 Å². The zero-order valence-electron chi connectivity index (χ0n) is 20.8. The average Bonchev–Trinajstić information content (AvgIpc) is 3.30. The normalized spacial score (nSPS) is 15.0. The summed E-state index contributed by atoms with van der Waals surface area (Å²) in [5.41, 5.74) is 2.82. The van der Waals surface area contributed by atoms with Crippen molar-refractivity contribution < 1.29 is 18.0 Å². The van der Waals surface area contributed by atoms with Gasteiger partial charge in [-0.2, -0.15) is 0 Å². The summed E-state index contributed by atoms with van der Waals surface area (Å²) in [5.74, 6) is -0.736. The largest absolute Gasteiger partial charge is 0.352 e. The van der Waals surface area contributed by atoms with Gasteiger partial charge in [-0.3, -0.25) is 13.9 Å². The number of carbonyl (C=O) groups is 2. The van der Waals surface area contributed by atoms with E-state index in [4.69, 9.17) is 11.6 Å². The van der Waals surface area contributed by atoms with Gasteiger partial charge >= 0.3 is 0 Å². The standard InChI is InChI=1S/C26H34ClN3O4S/c1-18-10-9-15-24(19(18)2)30(35(4,33)34)17-25(31)29(16-21-11-5-8-14-23(21)27)20(3)26(32)28-22-12-6-7-13-22/h5,8-11,14-15,20,22H,6-7,12-13,16-17H2,1-4H3,(H,28,32)/t20-/m1/s1. The van der Waals surface area contributed by atoms with Gasteiger partial charge in [-0.15, -0.1) is 0 Å². The number of sulfonamides is 1. The van der Waals surface area contributed by atoms with E-state index in [0.717, 1.165) is 47.4 Å². The first-order valence-electron chi connectivity index (χ1n) is 11.9. The molecule has 190 valence electrons. The van der Waals surface area contributed by atoms with Gasteiger partial charge in [0.25, 0.3) is 0 Å². The maximum absolute atomic E-state index is 13.7. The number of anilines is 1. The molecule has 1 saturated carbocycles. The van der Waals surface area contributed by atoms with Crippen molar-refractivity contribution in [2.24, 2.45) is 0 Å². The van der Waals surface area contributed by atoms with Crippen LogP contribution in [0.3, 0.4) is 0 Å². The second kappa shape index (κ2) is 11.4. The van der Waals surface area contributed by atoms with E-state index in [1.807, 2.05) is 26.0 Å². The summed E-state index contributed by atoms with van der Waals surface area (Å²) < 4.78 is 26.6. The third kappa shape index (κ3) is 6.76. The minimum absolute atomic E-state index is 0.0855. The molecule has 0 aromatic heterocycles. The number of benzene rings is 2. The van der Waals surface area contributed by atoms with Crippen molar-refractivity contribution in [2.45, 2.75) is 65.1 Å². The van der Waals surface area contributed by atoms with E-state index < -0.39 is 28.5 Å². The summed E-state index contributed by atoms with van der Waals surface area (Å²) in [7, 11) is -3.77. The molecule has 1 aliphatic rings. The molecule has 0 bridgehead atoms. The van der Waals surface area contributed by atoms with Crippen LogP contribution < -0.4 is 9.62 Å². The average molecular weight is 520 g/mol. The highest BCUT2D eigenvalue weighted by Crippen LogP contribution is 2.26. The number of aryl methyl sites for hydroxylation is 1. The van der Waals surface area contributed by atoms with Crippen LogP contribution in [0.4, 0.5) is 5.69 Å². The molecule has 2 aromatic rings. The van der Waals surface area contributed by atoms with Gasteiger partial charge in [0.05, 0.1) is 11.9 Å². The van der Waals surface area contributed by atoms with Crippen molar-refractivity contribution in [2.75, 3.05) is 17.1 Å². The number of nitrogens with one attached hydrogen (secondary N) is 1. The summed E-state index contributed by atoms with van der Waals surface area (Å²) in [6, 6.07) is 11.8. The number of nitrogens with zero attached hydrogens (tertiary/aromatic N) is 2. The second-order valence-corrected chi connectivity index (χ2v) is 11.6. The summed E-state index contributed by atoms with van der Waals surface area (Å²) in [6.45, 7) is 5.05. The van der Waals surface area contributed by atoms with Gasteiger partial charge in [0.15, 0.2) is 0 Å². The van der Waals surface area contributed by atoms with Crippen LogP contribution >= 0.6 is 11.6 Å². The van der Waals surface area contributed by atoms with Crippen molar-refractivity contribution in [1.29, 1.82) is 0 Å². The van der Waals surface area contributed by atoms with Crippen LogP contribution in [-0.2, 0) is 26.2 Å². The highest BCUT2D eigenvalue weighted by Gasteiger charge is 2.32. The van der Waals surface area contributed by atoms with Gasteiger partial charge in [-0.05, 0) is 62.4 Å². The third-order valence-electron chi connectivity index (χ3n) is 6.69. The van der Waals surface area contributed by atoms with Crippen molar-refractivity contribution in [3.05, 3.63) is 64.2 Å². The lowest BCUT2D eigenvalue weighted by molar-refractivity contribution is -0.139. The molecule has 7 nitrogen and oxygen atoms in total. The number of hydrogen-bond acceptors (Lipinski definition) is 4. The topological polar surface area (TPSA) is 86.8 Å². The van der Waals surface area contributed by atoms with Crippen molar-refractivity contribution in [3.63, 3.8) is 0 Å². The molecule has 0 radical (unpaired) electrons. The lowest BCUT2D eigenvalue weighted by Crippen LogP contribution is -2.52. The number of hydrogen-bond donors (Lipinski definition) is 1. The van der Waals surface area contributed by atoms with E-state index in [9.17, 15) is 18.0 Å². The monoisotopic (exact) mass is 519 g/mol. The number of rotatable bonds is 9. The van der Waals surface area contributed by atoms with Crippen molar-refractivity contribution in [1.82, 2.24) is 10.2 Å². The van der Waals surface area contributed by atoms with E-state index in [0.29, 0.717) is 16.3 Å². The highest BCUT2D eigenvalue weighted by molar-refractivity contribution is 7.92. The Hall–Kier alpha value is -2.58. The summed E-state index contributed by atoms with van der Waals surface area (Å²) in [4.78, 5) is 28.2. The van der Waals surface area contributed by atoms with Gasteiger partial charge in [0, 0.05) is 17.6 Å². The third-order valence-corrected chi connectivity index (χ3v) is 8.19. The molecule has 2 amide bonds. The first-order valence-corrected chi connectivity index (χ1v) is 14.1. The van der Waals surface area contributed by atoms with Gasteiger partial charge in [-0.25, -0.2) is 8.42 Å². The molecule has 0 heterocycles. The molecule has 35 heavy (non-hydrogen) atoms. The maximum Gasteiger partial charge on any atom is 0.244 e. The molecule has 0 unspecified atom stereocenters. The van der Waals surface area contributed by atoms with Gasteiger partial charge in [-0.1, -0.05) is 54.8 Å². The van der Waals surface area contributed by atoms with Crippen LogP contribution in [0.2, 0.25) is 5.02 Å². The highest BCUT2D eigenvalue weighted by atomic mass is 35.5. The fourth-order valence-corrected chi connectivity index (χ4v) is 5.48. The van der Waals surface area contributed by atoms with E-state index in [1.54, 1.807) is 37.3 Å². The molecule has 9 heteroatoms.